The highest BCUT2D eigenvalue weighted by molar-refractivity contribution is 6.33. The van der Waals surface area contributed by atoms with Crippen LogP contribution in [0.2, 0.25) is 5.02 Å². The summed E-state index contributed by atoms with van der Waals surface area (Å²) in [5.74, 6) is -0.342. The van der Waals surface area contributed by atoms with Gasteiger partial charge in [0.25, 0.3) is 0 Å². The number of alkyl halides is 2. The quantitative estimate of drug-likeness (QED) is 0.813. The molecule has 0 fully saturated rings. The molecule has 6 heteroatoms. The van der Waals surface area contributed by atoms with Gasteiger partial charge in [0.1, 0.15) is 11.6 Å². The highest BCUT2D eigenvalue weighted by Crippen LogP contribution is 2.28. The van der Waals surface area contributed by atoms with Crippen LogP contribution < -0.4 is 10.1 Å². The number of ether oxygens (including phenoxy) is 1. The average molecular weight is 316 g/mol. The number of halogens is 4. The third kappa shape index (κ3) is 4.29. The first-order valence-electron chi connectivity index (χ1n) is 6.22. The minimum Gasteiger partial charge on any atom is -0.435 e. The van der Waals surface area contributed by atoms with Gasteiger partial charge in [0.2, 0.25) is 0 Å². The third-order valence-electron chi connectivity index (χ3n) is 2.88. The molecule has 2 rings (SSSR count). The molecule has 112 valence electrons. The van der Waals surface area contributed by atoms with E-state index >= 15 is 0 Å². The van der Waals surface area contributed by atoms with Crippen molar-refractivity contribution in [1.29, 1.82) is 0 Å². The Morgan fingerprint density at radius 3 is 2.62 bits per heavy atom. The van der Waals surface area contributed by atoms with E-state index in [2.05, 4.69) is 10.1 Å². The highest BCUT2D eigenvalue weighted by Gasteiger charge is 2.11. The summed E-state index contributed by atoms with van der Waals surface area (Å²) in [4.78, 5) is 0. The van der Waals surface area contributed by atoms with E-state index in [0.717, 1.165) is 0 Å². The molecule has 0 radical (unpaired) electrons. The molecule has 2 nitrogen and oxygen atoms in total. The second-order valence-corrected chi connectivity index (χ2v) is 4.85. The van der Waals surface area contributed by atoms with Gasteiger partial charge in [0, 0.05) is 6.04 Å². The van der Waals surface area contributed by atoms with Crippen molar-refractivity contribution in [2.24, 2.45) is 0 Å². The van der Waals surface area contributed by atoms with Crippen LogP contribution in [0, 0.1) is 5.82 Å². The first-order chi connectivity index (χ1) is 9.95. The van der Waals surface area contributed by atoms with E-state index in [1.807, 2.05) is 6.92 Å². The fourth-order valence-electron chi connectivity index (χ4n) is 1.88. The van der Waals surface area contributed by atoms with Crippen molar-refractivity contribution in [2.75, 3.05) is 5.32 Å². The predicted octanol–water partition coefficient (Wildman–Crippen LogP) is 5.25. The summed E-state index contributed by atoms with van der Waals surface area (Å²) in [7, 11) is 0. The van der Waals surface area contributed by atoms with Gasteiger partial charge in [0.15, 0.2) is 0 Å². The number of hydrogen-bond donors (Lipinski definition) is 1. The van der Waals surface area contributed by atoms with Gasteiger partial charge >= 0.3 is 6.61 Å². The molecule has 2 aromatic rings. The van der Waals surface area contributed by atoms with Gasteiger partial charge in [-0.1, -0.05) is 23.7 Å². The van der Waals surface area contributed by atoms with Crippen LogP contribution in [-0.2, 0) is 0 Å². The predicted molar refractivity (Wildman–Crippen MR) is 76.5 cm³/mol. The highest BCUT2D eigenvalue weighted by atomic mass is 35.5. The average Bonchev–Trinajstić information content (AvgIpc) is 2.42. The summed E-state index contributed by atoms with van der Waals surface area (Å²) in [6.07, 6.45) is 0. The van der Waals surface area contributed by atoms with Gasteiger partial charge in [-0.3, -0.25) is 0 Å². The number of nitrogens with one attached hydrogen (secondary N) is 1. The second kappa shape index (κ2) is 6.72. The van der Waals surface area contributed by atoms with E-state index in [-0.39, 0.29) is 11.8 Å². The Balaban J connectivity index is 2.16. The van der Waals surface area contributed by atoms with Crippen LogP contribution in [-0.4, -0.2) is 6.61 Å². The van der Waals surface area contributed by atoms with Crippen molar-refractivity contribution >= 4 is 17.3 Å². The van der Waals surface area contributed by atoms with Crippen LogP contribution >= 0.6 is 11.6 Å². The Morgan fingerprint density at radius 1 is 1.14 bits per heavy atom. The lowest BCUT2D eigenvalue weighted by Gasteiger charge is -2.17. The van der Waals surface area contributed by atoms with E-state index in [9.17, 15) is 13.2 Å². The molecule has 0 aliphatic heterocycles. The SMILES string of the molecule is CC(Nc1cc(F)ccc1Cl)c1cccc(OC(F)F)c1. The monoisotopic (exact) mass is 315 g/mol. The Morgan fingerprint density at radius 2 is 1.90 bits per heavy atom. The Bertz CT molecular complexity index is 622. The van der Waals surface area contributed by atoms with Gasteiger partial charge in [0.05, 0.1) is 10.7 Å². The largest absolute Gasteiger partial charge is 0.435 e. The maximum absolute atomic E-state index is 13.2. The van der Waals surface area contributed by atoms with Crippen molar-refractivity contribution in [3.63, 3.8) is 0 Å². The van der Waals surface area contributed by atoms with Crippen LogP contribution in [0.15, 0.2) is 42.5 Å². The molecule has 0 saturated heterocycles. The minimum atomic E-state index is -2.87. The normalized spacial score (nSPS) is 12.3. The zero-order chi connectivity index (χ0) is 15.4. The van der Waals surface area contributed by atoms with Crippen molar-refractivity contribution in [3.05, 3.63) is 58.9 Å². The molecular formula is C15H13ClF3NO. The lowest BCUT2D eigenvalue weighted by molar-refractivity contribution is -0.0498. The number of benzene rings is 2. The molecule has 1 atom stereocenters. The van der Waals surface area contributed by atoms with Crippen LogP contribution in [0.4, 0.5) is 18.9 Å². The summed E-state index contributed by atoms with van der Waals surface area (Å²) in [5.41, 5.74) is 1.15. The van der Waals surface area contributed by atoms with Gasteiger partial charge < -0.3 is 10.1 Å². The Kier molecular flexibility index (Phi) is 4.96. The molecule has 0 bridgehead atoms. The molecule has 0 aliphatic carbocycles. The van der Waals surface area contributed by atoms with Gasteiger partial charge in [-0.2, -0.15) is 8.78 Å². The summed E-state index contributed by atoms with van der Waals surface area (Å²) in [6, 6.07) is 10.0. The Hall–Kier alpha value is -1.88. The first-order valence-corrected chi connectivity index (χ1v) is 6.60. The molecule has 1 unspecified atom stereocenters. The summed E-state index contributed by atoms with van der Waals surface area (Å²) >= 11 is 5.97. The van der Waals surface area contributed by atoms with Crippen molar-refractivity contribution in [3.8, 4) is 5.75 Å². The lowest BCUT2D eigenvalue weighted by atomic mass is 10.1. The summed E-state index contributed by atoms with van der Waals surface area (Å²) < 4.78 is 42.0. The first kappa shape index (κ1) is 15.5. The van der Waals surface area contributed by atoms with E-state index in [0.29, 0.717) is 16.3 Å². The zero-order valence-corrected chi connectivity index (χ0v) is 11.9. The van der Waals surface area contributed by atoms with Crippen molar-refractivity contribution < 1.29 is 17.9 Å². The number of rotatable bonds is 5. The van der Waals surface area contributed by atoms with Crippen LogP contribution in [0.1, 0.15) is 18.5 Å². The molecule has 2 aromatic carbocycles. The molecule has 0 heterocycles. The molecule has 0 aromatic heterocycles. The Labute approximate surface area is 125 Å². The van der Waals surface area contributed by atoms with E-state index in [1.165, 1.54) is 30.3 Å². The molecule has 1 N–H and O–H groups in total. The zero-order valence-electron chi connectivity index (χ0n) is 11.1. The molecule has 0 aliphatic rings. The van der Waals surface area contributed by atoms with E-state index in [1.54, 1.807) is 12.1 Å². The molecule has 0 saturated carbocycles. The van der Waals surface area contributed by atoms with Gasteiger partial charge in [-0.15, -0.1) is 0 Å². The molecule has 0 amide bonds. The van der Waals surface area contributed by atoms with Crippen LogP contribution in [0.3, 0.4) is 0 Å². The maximum atomic E-state index is 13.2. The van der Waals surface area contributed by atoms with Crippen LogP contribution in [0.25, 0.3) is 0 Å². The lowest BCUT2D eigenvalue weighted by Crippen LogP contribution is -2.08. The standard InChI is InChI=1S/C15H13ClF3NO/c1-9(20-14-8-11(17)5-6-13(14)16)10-3-2-4-12(7-10)21-15(18)19/h2-9,15,20H,1H3. The van der Waals surface area contributed by atoms with Crippen molar-refractivity contribution in [1.82, 2.24) is 0 Å². The molecular weight excluding hydrogens is 303 g/mol. The van der Waals surface area contributed by atoms with Crippen molar-refractivity contribution in [2.45, 2.75) is 19.6 Å². The van der Waals surface area contributed by atoms with Gasteiger partial charge in [-0.05, 0) is 42.8 Å². The third-order valence-corrected chi connectivity index (χ3v) is 3.21. The second-order valence-electron chi connectivity index (χ2n) is 4.44. The smallest absolute Gasteiger partial charge is 0.387 e. The van der Waals surface area contributed by atoms with Crippen LogP contribution in [0.5, 0.6) is 5.75 Å². The van der Waals surface area contributed by atoms with E-state index in [4.69, 9.17) is 11.6 Å². The summed E-state index contributed by atoms with van der Waals surface area (Å²) in [6.45, 7) is -1.07. The minimum absolute atomic E-state index is 0.0708. The maximum Gasteiger partial charge on any atom is 0.387 e. The fourth-order valence-corrected chi connectivity index (χ4v) is 2.06. The molecule has 21 heavy (non-hydrogen) atoms. The fraction of sp³-hybridized carbons (Fsp3) is 0.200. The number of anilines is 1. The molecule has 0 spiro atoms. The van der Waals surface area contributed by atoms with Gasteiger partial charge in [-0.25, -0.2) is 4.39 Å². The topological polar surface area (TPSA) is 21.3 Å². The number of hydrogen-bond acceptors (Lipinski definition) is 2. The summed E-state index contributed by atoms with van der Waals surface area (Å²) in [5, 5.41) is 3.41. The van der Waals surface area contributed by atoms with E-state index < -0.39 is 12.4 Å².